The normalized spacial score (nSPS) is 37.6. The number of hydrogen-bond donors (Lipinski definition) is 3. The van der Waals surface area contributed by atoms with Crippen LogP contribution in [0, 0.1) is 11.8 Å². The van der Waals surface area contributed by atoms with Gasteiger partial charge in [-0.15, -0.1) is 0 Å². The van der Waals surface area contributed by atoms with Crippen LogP contribution in [0.1, 0.15) is 32.6 Å². The van der Waals surface area contributed by atoms with Crippen molar-refractivity contribution in [1.29, 1.82) is 0 Å². The number of aliphatic hydroxyl groups is 3. The van der Waals surface area contributed by atoms with Gasteiger partial charge in [0.05, 0.1) is 19.1 Å². The average molecular weight is 341 g/mol. The first-order chi connectivity index (χ1) is 11.3. The molecule has 24 heavy (non-hydrogen) atoms. The van der Waals surface area contributed by atoms with E-state index in [2.05, 4.69) is 0 Å². The molecule has 2 aliphatic rings. The summed E-state index contributed by atoms with van der Waals surface area (Å²) in [7, 11) is 2.56. The third kappa shape index (κ3) is 2.46. The second-order valence-corrected chi connectivity index (χ2v) is 6.84. The molecule has 1 heterocycles. The van der Waals surface area contributed by atoms with Crippen LogP contribution in [-0.4, -0.2) is 70.1 Å². The number of aliphatic hydroxyl groups excluding tert-OH is 2. The molecule has 1 aliphatic heterocycles. The number of ether oxygens (including phenoxy) is 1. The van der Waals surface area contributed by atoms with Gasteiger partial charge in [-0.3, -0.25) is 4.79 Å². The monoisotopic (exact) mass is 341 g/mol. The van der Waals surface area contributed by atoms with Gasteiger partial charge < -0.3 is 25.0 Å². The van der Waals surface area contributed by atoms with Gasteiger partial charge in [0.2, 0.25) is 5.91 Å². The largest absolute Gasteiger partial charge is 0.467 e. The first kappa shape index (κ1) is 18.9. The van der Waals surface area contributed by atoms with Gasteiger partial charge in [0, 0.05) is 19.6 Å². The molecule has 0 saturated carbocycles. The molecule has 0 spiro atoms. The molecule has 2 rings (SSSR count). The number of carbonyl (C=O) groups excluding carboxylic acids is 2. The standard InChI is InChI=1S/C17H27NO6/c1-16(23)12(9-10-19)14(21)18(2)17(16,15(22)24-3)13(20)11-7-5-4-6-8-11/h5,7,11-13,19-20,23H,4,6,8-10H2,1-3H3/t11-,12+,13-,16+,17+/m1/s1. The minimum absolute atomic E-state index is 0.00213. The van der Waals surface area contributed by atoms with Crippen molar-refractivity contribution in [3.05, 3.63) is 12.2 Å². The molecule has 1 fully saturated rings. The fourth-order valence-corrected chi connectivity index (χ4v) is 4.32. The van der Waals surface area contributed by atoms with Crippen LogP contribution >= 0.6 is 0 Å². The Balaban J connectivity index is 2.57. The SMILES string of the molecule is COC(=O)[C@]1([C@H](O)[C@@H]2C=CCCC2)N(C)C(=O)[C@H](CCO)[C@]1(C)O. The Morgan fingerprint density at radius 1 is 1.54 bits per heavy atom. The summed E-state index contributed by atoms with van der Waals surface area (Å²) < 4.78 is 4.89. The summed E-state index contributed by atoms with van der Waals surface area (Å²) in [6.45, 7) is 1.05. The number of likely N-dealkylation sites (N-methyl/N-ethyl adjacent to an activating group) is 1. The number of rotatable bonds is 5. The van der Waals surface area contributed by atoms with E-state index in [0.717, 1.165) is 17.7 Å². The van der Waals surface area contributed by atoms with Crippen LogP contribution in [0.5, 0.6) is 0 Å². The highest BCUT2D eigenvalue weighted by molar-refractivity contribution is 5.96. The second-order valence-electron chi connectivity index (χ2n) is 6.84. The number of amides is 1. The van der Waals surface area contributed by atoms with Crippen molar-refractivity contribution in [3.8, 4) is 0 Å². The van der Waals surface area contributed by atoms with Gasteiger partial charge in [0.15, 0.2) is 5.54 Å². The summed E-state index contributed by atoms with van der Waals surface area (Å²) in [5.74, 6) is -2.70. The number of hydrogen-bond acceptors (Lipinski definition) is 6. The van der Waals surface area contributed by atoms with Gasteiger partial charge in [0.1, 0.15) is 5.60 Å². The highest BCUT2D eigenvalue weighted by atomic mass is 16.5. The van der Waals surface area contributed by atoms with Crippen molar-refractivity contribution < 1.29 is 29.6 Å². The third-order valence-electron chi connectivity index (χ3n) is 5.65. The van der Waals surface area contributed by atoms with Gasteiger partial charge in [-0.25, -0.2) is 4.79 Å². The number of nitrogens with zero attached hydrogens (tertiary/aromatic N) is 1. The minimum atomic E-state index is -1.91. The van der Waals surface area contributed by atoms with Crippen molar-refractivity contribution in [3.63, 3.8) is 0 Å². The maximum absolute atomic E-state index is 12.7. The average Bonchev–Trinajstić information content (AvgIpc) is 2.73. The Labute approximate surface area is 141 Å². The molecule has 0 radical (unpaired) electrons. The van der Waals surface area contributed by atoms with E-state index in [4.69, 9.17) is 4.74 Å². The van der Waals surface area contributed by atoms with Crippen LogP contribution in [0.2, 0.25) is 0 Å². The van der Waals surface area contributed by atoms with Gasteiger partial charge in [0.25, 0.3) is 0 Å². The van der Waals surface area contributed by atoms with E-state index in [0.29, 0.717) is 6.42 Å². The highest BCUT2D eigenvalue weighted by Crippen LogP contribution is 2.49. The molecular weight excluding hydrogens is 314 g/mol. The molecule has 5 atom stereocenters. The molecule has 1 amide bonds. The zero-order chi connectivity index (χ0) is 18.1. The number of esters is 1. The lowest BCUT2D eigenvalue weighted by atomic mass is 9.68. The molecule has 0 aromatic heterocycles. The zero-order valence-electron chi connectivity index (χ0n) is 14.4. The topological polar surface area (TPSA) is 107 Å². The van der Waals surface area contributed by atoms with Crippen molar-refractivity contribution in [2.24, 2.45) is 11.8 Å². The lowest BCUT2D eigenvalue weighted by Gasteiger charge is -2.47. The van der Waals surface area contributed by atoms with Crippen molar-refractivity contribution >= 4 is 11.9 Å². The number of allylic oxidation sites excluding steroid dienone is 1. The molecule has 3 N–H and O–H groups in total. The van der Waals surface area contributed by atoms with Crippen molar-refractivity contribution in [2.75, 3.05) is 20.8 Å². The maximum atomic E-state index is 12.7. The fraction of sp³-hybridized carbons (Fsp3) is 0.765. The van der Waals surface area contributed by atoms with Crippen LogP contribution < -0.4 is 0 Å². The maximum Gasteiger partial charge on any atom is 0.337 e. The molecule has 0 aromatic rings. The smallest absolute Gasteiger partial charge is 0.337 e. The molecule has 1 saturated heterocycles. The van der Waals surface area contributed by atoms with Crippen LogP contribution in [0.4, 0.5) is 0 Å². The lowest BCUT2D eigenvalue weighted by molar-refractivity contribution is -0.187. The Morgan fingerprint density at radius 3 is 2.71 bits per heavy atom. The first-order valence-electron chi connectivity index (χ1n) is 8.30. The Morgan fingerprint density at radius 2 is 2.21 bits per heavy atom. The van der Waals surface area contributed by atoms with E-state index < -0.39 is 35.0 Å². The predicted molar refractivity (Wildman–Crippen MR) is 85.8 cm³/mol. The number of likely N-dealkylation sites (tertiary alicyclic amines) is 1. The fourth-order valence-electron chi connectivity index (χ4n) is 4.32. The quantitative estimate of drug-likeness (QED) is 0.474. The van der Waals surface area contributed by atoms with E-state index in [1.165, 1.54) is 21.1 Å². The minimum Gasteiger partial charge on any atom is -0.467 e. The van der Waals surface area contributed by atoms with Gasteiger partial charge in [-0.2, -0.15) is 0 Å². The first-order valence-corrected chi connectivity index (χ1v) is 8.30. The predicted octanol–water partition coefficient (Wildman–Crippen LogP) is -0.163. The van der Waals surface area contributed by atoms with E-state index >= 15 is 0 Å². The van der Waals surface area contributed by atoms with Crippen LogP contribution in [0.3, 0.4) is 0 Å². The molecule has 136 valence electrons. The van der Waals surface area contributed by atoms with E-state index in [9.17, 15) is 24.9 Å². The molecule has 0 unspecified atom stereocenters. The third-order valence-corrected chi connectivity index (χ3v) is 5.65. The summed E-state index contributed by atoms with van der Waals surface area (Å²) >= 11 is 0. The number of carbonyl (C=O) groups is 2. The Bertz CT molecular complexity index is 531. The molecule has 0 aromatic carbocycles. The summed E-state index contributed by atoms with van der Waals surface area (Å²) in [6.07, 6.45) is 4.85. The van der Waals surface area contributed by atoms with Crippen LogP contribution in [0.15, 0.2) is 12.2 Å². The van der Waals surface area contributed by atoms with Gasteiger partial charge in [-0.05, 0) is 32.6 Å². The molecule has 1 aliphatic carbocycles. The molecule has 7 nitrogen and oxygen atoms in total. The van der Waals surface area contributed by atoms with E-state index in [1.54, 1.807) is 0 Å². The Hall–Kier alpha value is -1.44. The summed E-state index contributed by atoms with van der Waals surface area (Å²) in [5.41, 5.74) is -3.79. The van der Waals surface area contributed by atoms with Crippen LogP contribution in [0.25, 0.3) is 0 Å². The van der Waals surface area contributed by atoms with Crippen LogP contribution in [-0.2, 0) is 14.3 Å². The molecule has 7 heteroatoms. The number of methoxy groups -OCH3 is 1. The van der Waals surface area contributed by atoms with Crippen molar-refractivity contribution in [1.82, 2.24) is 4.90 Å². The van der Waals surface area contributed by atoms with Crippen molar-refractivity contribution in [2.45, 2.75) is 49.9 Å². The van der Waals surface area contributed by atoms with Gasteiger partial charge >= 0.3 is 5.97 Å². The summed E-state index contributed by atoms with van der Waals surface area (Å²) in [4.78, 5) is 26.5. The second kappa shape index (κ2) is 6.82. The van der Waals surface area contributed by atoms with E-state index in [-0.39, 0.29) is 18.9 Å². The van der Waals surface area contributed by atoms with Gasteiger partial charge in [-0.1, -0.05) is 12.2 Å². The highest BCUT2D eigenvalue weighted by Gasteiger charge is 2.72. The van der Waals surface area contributed by atoms with E-state index in [1.807, 2.05) is 12.2 Å². The molecule has 0 bridgehead atoms. The lowest BCUT2D eigenvalue weighted by Crippen LogP contribution is -2.70. The summed E-state index contributed by atoms with van der Waals surface area (Å²) in [6, 6.07) is 0. The molecular formula is C17H27NO6. The summed E-state index contributed by atoms with van der Waals surface area (Å²) in [5, 5.41) is 31.5. The Kier molecular flexibility index (Phi) is 5.37. The zero-order valence-corrected chi connectivity index (χ0v) is 14.4.